The summed E-state index contributed by atoms with van der Waals surface area (Å²) in [5, 5.41) is 4.12. The van der Waals surface area contributed by atoms with Gasteiger partial charge in [-0.25, -0.2) is 0 Å². The van der Waals surface area contributed by atoms with Crippen LogP contribution in [0.3, 0.4) is 0 Å². The van der Waals surface area contributed by atoms with Crippen LogP contribution in [-0.2, 0) is 21.9 Å². The molecule has 0 aliphatic heterocycles. The smallest absolute Gasteiger partial charge is 0.242 e. The minimum atomic E-state index is -0.574. The van der Waals surface area contributed by atoms with Crippen molar-refractivity contribution in [2.24, 2.45) is 5.92 Å². The highest BCUT2D eigenvalue weighted by molar-refractivity contribution is 7.99. The Hall–Kier alpha value is -1.69. The summed E-state index contributed by atoms with van der Waals surface area (Å²) in [6.07, 6.45) is 0. The summed E-state index contributed by atoms with van der Waals surface area (Å²) < 4.78 is 0. The number of nitrogens with one attached hydrogen (secondary N) is 1. The van der Waals surface area contributed by atoms with Gasteiger partial charge in [-0.15, -0.1) is 11.8 Å². The Kier molecular flexibility index (Phi) is 10.2. The third kappa shape index (κ3) is 7.74. The van der Waals surface area contributed by atoms with E-state index in [1.165, 1.54) is 11.8 Å². The van der Waals surface area contributed by atoms with Gasteiger partial charge in [-0.1, -0.05) is 67.4 Å². The number of amides is 2. The summed E-state index contributed by atoms with van der Waals surface area (Å²) >= 11 is 13.9. The lowest BCUT2D eigenvalue weighted by Crippen LogP contribution is -2.48. The van der Waals surface area contributed by atoms with Crippen LogP contribution in [0.1, 0.15) is 37.5 Å². The van der Waals surface area contributed by atoms with Crippen molar-refractivity contribution in [3.8, 4) is 0 Å². The molecule has 0 aliphatic rings. The second-order valence-electron chi connectivity index (χ2n) is 7.96. The Balaban J connectivity index is 2.11. The summed E-state index contributed by atoms with van der Waals surface area (Å²) in [6.45, 7) is 8.83. The highest BCUT2D eigenvalue weighted by Gasteiger charge is 2.26. The van der Waals surface area contributed by atoms with Crippen molar-refractivity contribution in [3.05, 3.63) is 69.2 Å². The van der Waals surface area contributed by atoms with E-state index >= 15 is 0 Å². The van der Waals surface area contributed by atoms with Crippen LogP contribution < -0.4 is 5.32 Å². The molecule has 0 heterocycles. The van der Waals surface area contributed by atoms with Crippen LogP contribution >= 0.6 is 35.0 Å². The zero-order valence-corrected chi connectivity index (χ0v) is 20.8. The molecule has 0 spiro atoms. The van der Waals surface area contributed by atoms with Crippen molar-refractivity contribution in [3.63, 3.8) is 0 Å². The van der Waals surface area contributed by atoms with Gasteiger partial charge in [0.05, 0.1) is 5.75 Å². The summed E-state index contributed by atoms with van der Waals surface area (Å²) in [5.74, 6) is 0.858. The Bertz CT molecular complexity index is 885. The van der Waals surface area contributed by atoms with Crippen molar-refractivity contribution < 1.29 is 9.59 Å². The summed E-state index contributed by atoms with van der Waals surface area (Å²) in [5.41, 5.74) is 2.93. The predicted octanol–water partition coefficient (Wildman–Crippen LogP) is 5.72. The molecule has 2 aromatic carbocycles. The minimum Gasteiger partial charge on any atom is -0.354 e. The molecule has 2 rings (SSSR count). The number of carbonyl (C=O) groups is 2. The molecule has 4 nitrogen and oxygen atoms in total. The van der Waals surface area contributed by atoms with E-state index in [4.69, 9.17) is 23.2 Å². The van der Waals surface area contributed by atoms with Crippen molar-refractivity contribution in [2.45, 2.75) is 46.0 Å². The summed E-state index contributed by atoms with van der Waals surface area (Å²) in [4.78, 5) is 27.5. The van der Waals surface area contributed by atoms with Crippen molar-refractivity contribution in [1.82, 2.24) is 10.2 Å². The molecule has 1 N–H and O–H groups in total. The Morgan fingerprint density at radius 3 is 2.29 bits per heavy atom. The van der Waals surface area contributed by atoms with Crippen LogP contribution in [0.5, 0.6) is 0 Å². The monoisotopic (exact) mass is 480 g/mol. The van der Waals surface area contributed by atoms with Gasteiger partial charge in [-0.3, -0.25) is 9.59 Å². The van der Waals surface area contributed by atoms with Gasteiger partial charge in [0.2, 0.25) is 11.8 Å². The topological polar surface area (TPSA) is 49.4 Å². The first kappa shape index (κ1) is 25.6. The fraction of sp³-hybridized carbons (Fsp3) is 0.417. The Morgan fingerprint density at radius 2 is 1.68 bits per heavy atom. The molecular weight excluding hydrogens is 451 g/mol. The number of thioether (sulfide) groups is 1. The van der Waals surface area contributed by atoms with Crippen LogP contribution in [0.4, 0.5) is 0 Å². The van der Waals surface area contributed by atoms with Gasteiger partial charge in [-0.05, 0) is 48.6 Å². The number of hydrogen-bond donors (Lipinski definition) is 1. The minimum absolute atomic E-state index is 0.0939. The van der Waals surface area contributed by atoms with Crippen LogP contribution in [0.15, 0.2) is 42.5 Å². The van der Waals surface area contributed by atoms with E-state index in [9.17, 15) is 9.59 Å². The van der Waals surface area contributed by atoms with Crippen LogP contribution in [0, 0.1) is 12.8 Å². The van der Waals surface area contributed by atoms with E-state index < -0.39 is 6.04 Å². The summed E-state index contributed by atoms with van der Waals surface area (Å²) in [7, 11) is 0. The first-order chi connectivity index (χ1) is 14.7. The largest absolute Gasteiger partial charge is 0.354 e. The maximum atomic E-state index is 13.2. The molecule has 2 aromatic rings. The number of carbonyl (C=O) groups excluding carboxylic acids is 2. The number of nitrogens with zero attached hydrogens (tertiary/aromatic N) is 1. The van der Waals surface area contributed by atoms with Gasteiger partial charge in [0.1, 0.15) is 6.04 Å². The van der Waals surface area contributed by atoms with E-state index in [0.29, 0.717) is 34.8 Å². The molecule has 2 amide bonds. The molecule has 168 valence electrons. The van der Waals surface area contributed by atoms with Crippen molar-refractivity contribution >= 4 is 46.8 Å². The van der Waals surface area contributed by atoms with Crippen LogP contribution in [0.25, 0.3) is 0 Å². The van der Waals surface area contributed by atoms with Gasteiger partial charge in [0, 0.05) is 28.9 Å². The zero-order chi connectivity index (χ0) is 23.0. The van der Waals surface area contributed by atoms with Gasteiger partial charge >= 0.3 is 0 Å². The maximum absolute atomic E-state index is 13.2. The highest BCUT2D eigenvalue weighted by Crippen LogP contribution is 2.28. The van der Waals surface area contributed by atoms with E-state index in [1.54, 1.807) is 30.0 Å². The lowest BCUT2D eigenvalue weighted by atomic mass is 10.1. The first-order valence-corrected chi connectivity index (χ1v) is 12.2. The average molecular weight is 481 g/mol. The number of aryl methyl sites for hydroxylation is 1. The number of hydrogen-bond acceptors (Lipinski definition) is 3. The fourth-order valence-corrected chi connectivity index (χ4v) is 4.65. The van der Waals surface area contributed by atoms with Crippen molar-refractivity contribution in [1.29, 1.82) is 0 Å². The lowest BCUT2D eigenvalue weighted by molar-refractivity contribution is -0.138. The SMILES string of the molecule is Cc1ccccc1CN(C(=O)CSCc1c(Cl)cccc1Cl)[C@H](C)C(=O)NCC(C)C. The molecule has 31 heavy (non-hydrogen) atoms. The second kappa shape index (κ2) is 12.4. The maximum Gasteiger partial charge on any atom is 0.242 e. The molecule has 0 saturated heterocycles. The third-order valence-corrected chi connectivity index (χ3v) is 6.64. The molecule has 0 aromatic heterocycles. The van der Waals surface area contributed by atoms with Gasteiger partial charge in [0.25, 0.3) is 0 Å². The Labute approximate surface area is 199 Å². The first-order valence-electron chi connectivity index (χ1n) is 10.3. The van der Waals surface area contributed by atoms with Gasteiger partial charge in [0.15, 0.2) is 0 Å². The highest BCUT2D eigenvalue weighted by atomic mass is 35.5. The standard InChI is InChI=1S/C24H30Cl2N2O2S/c1-16(2)12-27-24(30)18(4)28(13-19-9-6-5-8-17(19)3)23(29)15-31-14-20-21(25)10-7-11-22(20)26/h5-11,16,18H,12-15H2,1-4H3,(H,27,30)/t18-/m1/s1. The molecule has 0 unspecified atom stereocenters. The normalized spacial score (nSPS) is 12.0. The molecule has 0 fully saturated rings. The number of rotatable bonds is 10. The molecular formula is C24H30Cl2N2O2S. The van der Waals surface area contributed by atoms with Crippen molar-refractivity contribution in [2.75, 3.05) is 12.3 Å². The molecule has 0 radical (unpaired) electrons. The lowest BCUT2D eigenvalue weighted by Gasteiger charge is -2.29. The third-order valence-electron chi connectivity index (χ3n) is 4.99. The average Bonchev–Trinajstić information content (AvgIpc) is 2.72. The second-order valence-corrected chi connectivity index (χ2v) is 9.76. The molecule has 0 aliphatic carbocycles. The molecule has 1 atom stereocenters. The molecule has 0 saturated carbocycles. The molecule has 0 bridgehead atoms. The van der Waals surface area contributed by atoms with Gasteiger partial charge < -0.3 is 10.2 Å². The quantitative estimate of drug-likeness (QED) is 0.472. The summed E-state index contributed by atoms with van der Waals surface area (Å²) in [6, 6.07) is 12.7. The van der Waals surface area contributed by atoms with Gasteiger partial charge in [-0.2, -0.15) is 0 Å². The van der Waals surface area contributed by atoms with E-state index in [1.807, 2.05) is 45.0 Å². The van der Waals surface area contributed by atoms with Crippen LogP contribution in [0.2, 0.25) is 10.0 Å². The molecule has 7 heteroatoms. The Morgan fingerprint density at radius 1 is 1.03 bits per heavy atom. The predicted molar refractivity (Wildman–Crippen MR) is 132 cm³/mol. The fourth-order valence-electron chi connectivity index (χ4n) is 3.00. The van der Waals surface area contributed by atoms with E-state index in [0.717, 1.165) is 16.7 Å². The van der Waals surface area contributed by atoms with Crippen LogP contribution in [-0.4, -0.2) is 35.1 Å². The number of halogens is 2. The zero-order valence-electron chi connectivity index (χ0n) is 18.5. The van der Waals surface area contributed by atoms with E-state index in [2.05, 4.69) is 5.32 Å². The van der Waals surface area contributed by atoms with E-state index in [-0.39, 0.29) is 17.6 Å². The number of benzene rings is 2.